The summed E-state index contributed by atoms with van der Waals surface area (Å²) in [5, 5.41) is 10.1. The molecule has 0 aliphatic rings. The predicted molar refractivity (Wildman–Crippen MR) is 103 cm³/mol. The number of hydrogen-bond donors (Lipinski definition) is 2. The van der Waals surface area contributed by atoms with Gasteiger partial charge < -0.3 is 10.8 Å². The molecule has 3 N–H and O–H groups in total. The van der Waals surface area contributed by atoms with Gasteiger partial charge in [-0.1, -0.05) is 72.3 Å². The molecule has 3 rings (SSSR count). The van der Waals surface area contributed by atoms with Crippen molar-refractivity contribution < 1.29 is 5.11 Å². The van der Waals surface area contributed by atoms with Crippen molar-refractivity contribution in [2.75, 3.05) is 0 Å². The van der Waals surface area contributed by atoms with Crippen molar-refractivity contribution in [3.63, 3.8) is 0 Å². The van der Waals surface area contributed by atoms with Gasteiger partial charge >= 0.3 is 0 Å². The molecule has 0 amide bonds. The van der Waals surface area contributed by atoms with Gasteiger partial charge in [-0.05, 0) is 30.2 Å². The van der Waals surface area contributed by atoms with E-state index in [4.69, 9.17) is 10.7 Å². The number of phenolic OH excluding ortho intramolecular Hbond substituents is 1. The molecule has 0 saturated heterocycles. The molecular weight excluding hydrogens is 308 g/mol. The van der Waals surface area contributed by atoms with Gasteiger partial charge in [-0.15, -0.1) is 0 Å². The average molecular weight is 330 g/mol. The highest BCUT2D eigenvalue weighted by atomic mass is 16.3. The van der Waals surface area contributed by atoms with E-state index >= 15 is 0 Å². The van der Waals surface area contributed by atoms with Crippen LogP contribution in [0, 0.1) is 6.92 Å². The van der Waals surface area contributed by atoms with Crippen LogP contribution >= 0.6 is 0 Å². The maximum atomic E-state index is 10.1. The minimum atomic E-state index is -0.271. The Labute approximate surface area is 148 Å². The number of aryl methyl sites for hydroxylation is 1. The molecule has 3 heteroatoms. The van der Waals surface area contributed by atoms with Crippen LogP contribution in [0.2, 0.25) is 0 Å². The van der Waals surface area contributed by atoms with Crippen molar-refractivity contribution in [3.8, 4) is 5.75 Å². The van der Waals surface area contributed by atoms with Crippen molar-refractivity contribution >= 4 is 6.21 Å². The van der Waals surface area contributed by atoms with Gasteiger partial charge in [0.1, 0.15) is 5.75 Å². The summed E-state index contributed by atoms with van der Waals surface area (Å²) < 4.78 is 0. The molecule has 2 unspecified atom stereocenters. The summed E-state index contributed by atoms with van der Waals surface area (Å²) in [4.78, 5) is 4.73. The standard InChI is InChI=1S/C22H22N2O/c1-16-12-13-20(25)19(14-16)15-24-22(18-10-6-3-7-11-18)21(23)17-8-4-2-5-9-17/h2-15,21-22,25H,23H2,1H3. The number of nitrogens with two attached hydrogens (primary N) is 1. The fourth-order valence-corrected chi connectivity index (χ4v) is 2.83. The van der Waals surface area contributed by atoms with E-state index in [0.29, 0.717) is 5.56 Å². The van der Waals surface area contributed by atoms with Crippen LogP contribution in [0.5, 0.6) is 5.75 Å². The van der Waals surface area contributed by atoms with E-state index in [2.05, 4.69) is 0 Å². The number of aromatic hydroxyl groups is 1. The average Bonchev–Trinajstić information content (AvgIpc) is 2.66. The van der Waals surface area contributed by atoms with Crippen LogP contribution in [0.3, 0.4) is 0 Å². The third-order valence-electron chi connectivity index (χ3n) is 4.22. The Balaban J connectivity index is 1.97. The van der Waals surface area contributed by atoms with Crippen molar-refractivity contribution in [3.05, 3.63) is 101 Å². The third kappa shape index (κ3) is 4.14. The number of aliphatic imine (C=N–C) groups is 1. The first kappa shape index (κ1) is 16.9. The van der Waals surface area contributed by atoms with Crippen LogP contribution < -0.4 is 5.73 Å². The van der Waals surface area contributed by atoms with Crippen molar-refractivity contribution in [1.29, 1.82) is 0 Å². The van der Waals surface area contributed by atoms with Gasteiger partial charge in [-0.3, -0.25) is 4.99 Å². The molecule has 0 spiro atoms. The number of benzene rings is 3. The van der Waals surface area contributed by atoms with Gasteiger partial charge in [-0.2, -0.15) is 0 Å². The molecule has 126 valence electrons. The zero-order chi connectivity index (χ0) is 17.6. The summed E-state index contributed by atoms with van der Waals surface area (Å²) in [7, 11) is 0. The summed E-state index contributed by atoms with van der Waals surface area (Å²) in [5.41, 5.74) is 10.4. The monoisotopic (exact) mass is 330 g/mol. The lowest BCUT2D eigenvalue weighted by molar-refractivity contribution is 0.474. The van der Waals surface area contributed by atoms with E-state index < -0.39 is 0 Å². The molecular formula is C22H22N2O. The zero-order valence-corrected chi connectivity index (χ0v) is 14.2. The second-order valence-electron chi connectivity index (χ2n) is 6.13. The van der Waals surface area contributed by atoms with Gasteiger partial charge in [0.05, 0.1) is 12.1 Å². The van der Waals surface area contributed by atoms with Gasteiger partial charge in [0.25, 0.3) is 0 Å². The van der Waals surface area contributed by atoms with Crippen molar-refractivity contribution in [1.82, 2.24) is 0 Å². The molecule has 0 fully saturated rings. The van der Waals surface area contributed by atoms with Gasteiger partial charge in [0.15, 0.2) is 0 Å². The van der Waals surface area contributed by atoms with E-state index in [1.54, 1.807) is 12.3 Å². The normalized spacial score (nSPS) is 13.7. The summed E-state index contributed by atoms with van der Waals surface area (Å²) >= 11 is 0. The van der Waals surface area contributed by atoms with E-state index in [1.807, 2.05) is 79.7 Å². The summed E-state index contributed by atoms with van der Waals surface area (Å²) in [6, 6.07) is 24.9. The molecule has 0 radical (unpaired) electrons. The Morgan fingerprint density at radius 1 is 0.880 bits per heavy atom. The Kier molecular flexibility index (Phi) is 5.26. The minimum Gasteiger partial charge on any atom is -0.507 e. The van der Waals surface area contributed by atoms with E-state index in [9.17, 15) is 5.11 Å². The first-order chi connectivity index (χ1) is 12.1. The molecule has 3 nitrogen and oxygen atoms in total. The maximum absolute atomic E-state index is 10.1. The van der Waals surface area contributed by atoms with Crippen molar-refractivity contribution in [2.24, 2.45) is 10.7 Å². The lowest BCUT2D eigenvalue weighted by Crippen LogP contribution is -2.18. The largest absolute Gasteiger partial charge is 0.507 e. The van der Waals surface area contributed by atoms with Gasteiger partial charge in [0, 0.05) is 11.8 Å². The van der Waals surface area contributed by atoms with Crippen molar-refractivity contribution in [2.45, 2.75) is 19.0 Å². The van der Waals surface area contributed by atoms with Crippen LogP contribution in [0.15, 0.2) is 83.9 Å². The number of phenols is 1. The Morgan fingerprint density at radius 2 is 1.48 bits per heavy atom. The Bertz CT molecular complexity index is 844. The molecule has 2 atom stereocenters. The highest BCUT2D eigenvalue weighted by molar-refractivity contribution is 5.83. The SMILES string of the molecule is Cc1ccc(O)c(C=NC(c2ccccc2)C(N)c2ccccc2)c1. The first-order valence-electron chi connectivity index (χ1n) is 8.33. The highest BCUT2D eigenvalue weighted by Gasteiger charge is 2.20. The van der Waals surface area contributed by atoms with E-state index in [-0.39, 0.29) is 17.8 Å². The number of hydrogen-bond acceptors (Lipinski definition) is 3. The third-order valence-corrected chi connectivity index (χ3v) is 4.22. The van der Waals surface area contributed by atoms with Crippen LogP contribution in [0.4, 0.5) is 0 Å². The molecule has 0 bridgehead atoms. The molecule has 3 aromatic rings. The minimum absolute atomic E-state index is 0.217. The molecule has 0 aliphatic heterocycles. The Hall–Kier alpha value is -2.91. The fourth-order valence-electron chi connectivity index (χ4n) is 2.83. The van der Waals surface area contributed by atoms with E-state index in [0.717, 1.165) is 16.7 Å². The van der Waals surface area contributed by atoms with E-state index in [1.165, 1.54) is 0 Å². The summed E-state index contributed by atoms with van der Waals surface area (Å²) in [6.07, 6.45) is 1.71. The van der Waals surface area contributed by atoms with Crippen LogP contribution in [-0.4, -0.2) is 11.3 Å². The fraction of sp³-hybridized carbons (Fsp3) is 0.136. The molecule has 3 aromatic carbocycles. The summed E-state index contributed by atoms with van der Waals surface area (Å²) in [6.45, 7) is 1.99. The maximum Gasteiger partial charge on any atom is 0.124 e. The topological polar surface area (TPSA) is 58.6 Å². The zero-order valence-electron chi connectivity index (χ0n) is 14.2. The lowest BCUT2D eigenvalue weighted by Gasteiger charge is -2.21. The van der Waals surface area contributed by atoms with Crippen LogP contribution in [0.1, 0.15) is 34.3 Å². The van der Waals surface area contributed by atoms with Crippen LogP contribution in [0.25, 0.3) is 0 Å². The quantitative estimate of drug-likeness (QED) is 0.674. The molecule has 0 heterocycles. The number of nitrogens with zero attached hydrogens (tertiary/aromatic N) is 1. The number of rotatable bonds is 5. The molecule has 25 heavy (non-hydrogen) atoms. The smallest absolute Gasteiger partial charge is 0.124 e. The first-order valence-corrected chi connectivity index (χ1v) is 8.33. The van der Waals surface area contributed by atoms with Crippen LogP contribution in [-0.2, 0) is 0 Å². The second kappa shape index (κ2) is 7.77. The van der Waals surface area contributed by atoms with Gasteiger partial charge in [0.2, 0.25) is 0 Å². The van der Waals surface area contributed by atoms with Gasteiger partial charge in [-0.25, -0.2) is 0 Å². The molecule has 0 aliphatic carbocycles. The second-order valence-corrected chi connectivity index (χ2v) is 6.13. The molecule has 0 aromatic heterocycles. The highest BCUT2D eigenvalue weighted by Crippen LogP contribution is 2.30. The lowest BCUT2D eigenvalue weighted by atomic mass is 9.94. The summed E-state index contributed by atoms with van der Waals surface area (Å²) in [5.74, 6) is 0.217. The Morgan fingerprint density at radius 3 is 2.12 bits per heavy atom. The predicted octanol–water partition coefficient (Wildman–Crippen LogP) is 4.56. The molecule has 0 saturated carbocycles.